The highest BCUT2D eigenvalue weighted by atomic mass is 32.1. The van der Waals surface area contributed by atoms with E-state index in [1.165, 1.54) is 0 Å². The van der Waals surface area contributed by atoms with Crippen molar-refractivity contribution in [3.05, 3.63) is 82.6 Å². The number of carbonyl (C=O) groups excluding carboxylic acids is 4. The molecule has 4 aromatic rings. The van der Waals surface area contributed by atoms with Crippen molar-refractivity contribution in [3.63, 3.8) is 0 Å². The second-order valence-corrected chi connectivity index (χ2v) is 9.55. The van der Waals surface area contributed by atoms with E-state index in [1.807, 2.05) is 60.7 Å². The van der Waals surface area contributed by atoms with Crippen LogP contribution < -0.4 is 10.6 Å². The number of anilines is 2. The van der Waals surface area contributed by atoms with E-state index in [4.69, 9.17) is 9.47 Å². The topological polar surface area (TPSA) is 111 Å². The van der Waals surface area contributed by atoms with Gasteiger partial charge in [0, 0.05) is 21.9 Å². The number of hydrogen-bond acceptors (Lipinski definition) is 8. The monoisotopic (exact) mass is 548 g/mol. The van der Waals surface area contributed by atoms with E-state index in [2.05, 4.69) is 10.6 Å². The zero-order valence-electron chi connectivity index (χ0n) is 20.6. The van der Waals surface area contributed by atoms with Crippen molar-refractivity contribution >= 4 is 56.4 Å². The van der Waals surface area contributed by atoms with E-state index >= 15 is 0 Å². The molecule has 0 saturated carbocycles. The molecule has 0 radical (unpaired) electrons. The van der Waals surface area contributed by atoms with Gasteiger partial charge in [0.25, 0.3) is 0 Å². The fourth-order valence-electron chi connectivity index (χ4n) is 3.69. The molecule has 0 spiro atoms. The molecule has 0 aliphatic heterocycles. The van der Waals surface area contributed by atoms with Crippen LogP contribution in [0.4, 0.5) is 10.0 Å². The summed E-state index contributed by atoms with van der Waals surface area (Å²) in [6.45, 7) is 3.67. The van der Waals surface area contributed by atoms with Crippen LogP contribution in [0.2, 0.25) is 0 Å². The summed E-state index contributed by atoms with van der Waals surface area (Å²) in [7, 11) is 0. The Morgan fingerprint density at radius 2 is 1.00 bits per heavy atom. The van der Waals surface area contributed by atoms with Crippen molar-refractivity contribution in [2.24, 2.45) is 0 Å². The quantitative estimate of drug-likeness (QED) is 0.204. The molecule has 38 heavy (non-hydrogen) atoms. The molecule has 8 nitrogen and oxygen atoms in total. The minimum absolute atomic E-state index is 0.148. The third kappa shape index (κ3) is 5.82. The Bertz CT molecular complexity index is 1350. The minimum atomic E-state index is -0.999. The van der Waals surface area contributed by atoms with Gasteiger partial charge in [-0.3, -0.25) is 9.59 Å². The van der Waals surface area contributed by atoms with Crippen LogP contribution in [0, 0.1) is 0 Å². The second-order valence-electron chi connectivity index (χ2n) is 7.79. The van der Waals surface area contributed by atoms with Crippen LogP contribution >= 0.6 is 22.7 Å². The molecule has 2 N–H and O–H groups in total. The summed E-state index contributed by atoms with van der Waals surface area (Å²) in [6, 6.07) is 18.4. The number of carbonyl (C=O) groups is 4. The first-order chi connectivity index (χ1) is 18.4. The molecule has 0 saturated heterocycles. The Hall–Kier alpha value is -4.28. The lowest BCUT2D eigenvalue weighted by Gasteiger charge is -2.10. The summed E-state index contributed by atoms with van der Waals surface area (Å²) in [5, 5.41) is 8.87. The molecule has 4 rings (SSSR count). The second kappa shape index (κ2) is 12.3. The summed E-state index contributed by atoms with van der Waals surface area (Å²) in [6.07, 6.45) is 0. The summed E-state index contributed by atoms with van der Waals surface area (Å²) in [5.41, 5.74) is 3.03. The fraction of sp³-hybridized carbons (Fsp3) is 0.143. The van der Waals surface area contributed by atoms with Crippen molar-refractivity contribution in [2.45, 2.75) is 13.8 Å². The Labute approximate surface area is 227 Å². The third-order valence-corrected chi connectivity index (χ3v) is 7.16. The highest BCUT2D eigenvalue weighted by Crippen LogP contribution is 2.38. The maximum absolute atomic E-state index is 12.9. The molecule has 194 valence electrons. The lowest BCUT2D eigenvalue weighted by molar-refractivity contribution is -0.132. The first-order valence-corrected chi connectivity index (χ1v) is 13.5. The summed E-state index contributed by atoms with van der Waals surface area (Å²) >= 11 is 2.22. The Balaban J connectivity index is 1.60. The SMILES string of the molecule is CCOC(=O)c1c(-c2ccccc2)csc1NC(=O)C(=O)Nc1scc(-c2ccccc2)c1C(=O)OCC. The van der Waals surface area contributed by atoms with Crippen LogP contribution in [0.1, 0.15) is 34.6 Å². The lowest BCUT2D eigenvalue weighted by atomic mass is 10.0. The number of rotatable bonds is 8. The first-order valence-electron chi connectivity index (χ1n) is 11.7. The molecule has 0 bridgehead atoms. The fourth-order valence-corrected chi connectivity index (χ4v) is 5.60. The Kier molecular flexibility index (Phi) is 8.67. The zero-order valence-corrected chi connectivity index (χ0v) is 22.2. The Morgan fingerprint density at radius 3 is 1.34 bits per heavy atom. The van der Waals surface area contributed by atoms with E-state index in [0.29, 0.717) is 11.1 Å². The predicted octanol–water partition coefficient (Wildman–Crippen LogP) is 6.07. The highest BCUT2D eigenvalue weighted by molar-refractivity contribution is 7.16. The van der Waals surface area contributed by atoms with Gasteiger partial charge in [0.2, 0.25) is 0 Å². The van der Waals surface area contributed by atoms with Gasteiger partial charge in [-0.1, -0.05) is 60.7 Å². The van der Waals surface area contributed by atoms with Crippen molar-refractivity contribution < 1.29 is 28.7 Å². The smallest absolute Gasteiger partial charge is 0.341 e. The van der Waals surface area contributed by atoms with E-state index in [1.54, 1.807) is 24.6 Å². The van der Waals surface area contributed by atoms with Crippen LogP contribution in [-0.4, -0.2) is 37.0 Å². The van der Waals surface area contributed by atoms with Crippen molar-refractivity contribution in [3.8, 4) is 22.3 Å². The standard InChI is InChI=1S/C28H24N2O6S2/c1-3-35-27(33)21-19(17-11-7-5-8-12-17)15-37-25(21)29-23(31)24(32)30-26-22(28(34)36-4-2)20(16-38-26)18-13-9-6-10-14-18/h5-16H,3-4H2,1-2H3,(H,29,31)(H,30,32). The van der Waals surface area contributed by atoms with Gasteiger partial charge in [0.05, 0.1) is 13.2 Å². The molecule has 2 amide bonds. The molecule has 0 aliphatic rings. The average molecular weight is 549 g/mol. The van der Waals surface area contributed by atoms with Crippen LogP contribution in [0.15, 0.2) is 71.4 Å². The maximum Gasteiger partial charge on any atom is 0.341 e. The first kappa shape index (κ1) is 26.8. The molecule has 0 atom stereocenters. The molecule has 0 fully saturated rings. The summed E-state index contributed by atoms with van der Waals surface area (Å²) in [4.78, 5) is 51.3. The molecule has 0 aliphatic carbocycles. The minimum Gasteiger partial charge on any atom is -0.462 e. The number of esters is 2. The summed E-state index contributed by atoms with van der Waals surface area (Å²) < 4.78 is 10.4. The number of benzene rings is 2. The average Bonchev–Trinajstić information content (AvgIpc) is 3.54. The molecular formula is C28H24N2O6S2. The van der Waals surface area contributed by atoms with E-state index < -0.39 is 23.8 Å². The van der Waals surface area contributed by atoms with Crippen molar-refractivity contribution in [1.82, 2.24) is 0 Å². The third-order valence-electron chi connectivity index (χ3n) is 5.37. The van der Waals surface area contributed by atoms with Gasteiger partial charge >= 0.3 is 23.8 Å². The lowest BCUT2D eigenvalue weighted by Crippen LogP contribution is -2.29. The van der Waals surface area contributed by atoms with E-state index in [0.717, 1.165) is 33.8 Å². The molecule has 2 heterocycles. The normalized spacial score (nSPS) is 10.5. The number of amides is 2. The van der Waals surface area contributed by atoms with Crippen LogP contribution in [-0.2, 0) is 19.1 Å². The molecular weight excluding hydrogens is 524 g/mol. The summed E-state index contributed by atoms with van der Waals surface area (Å²) in [5.74, 6) is -3.22. The van der Waals surface area contributed by atoms with Gasteiger partial charge in [-0.25, -0.2) is 9.59 Å². The molecule has 2 aromatic heterocycles. The molecule has 10 heteroatoms. The predicted molar refractivity (Wildman–Crippen MR) is 149 cm³/mol. The maximum atomic E-state index is 12.9. The van der Waals surface area contributed by atoms with Gasteiger partial charge in [-0.15, -0.1) is 22.7 Å². The van der Waals surface area contributed by atoms with Gasteiger partial charge in [-0.2, -0.15) is 0 Å². The van der Waals surface area contributed by atoms with Crippen molar-refractivity contribution in [2.75, 3.05) is 23.8 Å². The zero-order chi connectivity index (χ0) is 27.1. The highest BCUT2D eigenvalue weighted by Gasteiger charge is 2.27. The van der Waals surface area contributed by atoms with Crippen molar-refractivity contribution in [1.29, 1.82) is 0 Å². The number of hydrogen-bond donors (Lipinski definition) is 2. The van der Waals surface area contributed by atoms with Crippen LogP contribution in [0.25, 0.3) is 22.3 Å². The number of nitrogens with one attached hydrogen (secondary N) is 2. The number of ether oxygens (including phenoxy) is 2. The number of thiophene rings is 2. The van der Waals surface area contributed by atoms with E-state index in [9.17, 15) is 19.2 Å². The molecule has 2 aromatic carbocycles. The van der Waals surface area contributed by atoms with Gasteiger partial charge in [-0.05, 0) is 25.0 Å². The largest absolute Gasteiger partial charge is 0.462 e. The Morgan fingerprint density at radius 1 is 0.632 bits per heavy atom. The van der Waals surface area contributed by atoms with Gasteiger partial charge in [0.1, 0.15) is 21.1 Å². The van der Waals surface area contributed by atoms with Crippen LogP contribution in [0.3, 0.4) is 0 Å². The van der Waals surface area contributed by atoms with Crippen LogP contribution in [0.5, 0.6) is 0 Å². The van der Waals surface area contributed by atoms with Gasteiger partial charge in [0.15, 0.2) is 0 Å². The van der Waals surface area contributed by atoms with Gasteiger partial charge < -0.3 is 20.1 Å². The molecule has 0 unspecified atom stereocenters. The van der Waals surface area contributed by atoms with E-state index in [-0.39, 0.29) is 34.3 Å².